The van der Waals surface area contributed by atoms with Crippen molar-refractivity contribution in [2.24, 2.45) is 11.7 Å². The van der Waals surface area contributed by atoms with Gasteiger partial charge in [-0.15, -0.1) is 0 Å². The van der Waals surface area contributed by atoms with Gasteiger partial charge >= 0.3 is 0 Å². The molecule has 4 aromatic rings. The monoisotopic (exact) mass is 449 g/mol. The lowest BCUT2D eigenvalue weighted by Crippen LogP contribution is -2.50. The number of aryl methyl sites for hydroxylation is 1. The molecule has 7 nitrogen and oxygen atoms in total. The molecule has 1 saturated heterocycles. The number of nitrogens with zero attached hydrogens (tertiary/aromatic N) is 5. The van der Waals surface area contributed by atoms with E-state index in [4.69, 9.17) is 32.6 Å². The van der Waals surface area contributed by atoms with E-state index < -0.39 is 0 Å². The first-order valence-corrected chi connectivity index (χ1v) is 11.3. The molecule has 9 heteroatoms. The van der Waals surface area contributed by atoms with Crippen LogP contribution in [0.1, 0.15) is 18.2 Å². The van der Waals surface area contributed by atoms with Crippen LogP contribution in [0.15, 0.2) is 40.5 Å². The number of nitrogens with one attached hydrogen (secondary N) is 1. The second kappa shape index (κ2) is 8.00. The van der Waals surface area contributed by atoms with Gasteiger partial charge in [-0.25, -0.2) is 9.97 Å². The lowest BCUT2D eigenvalue weighted by molar-refractivity contribution is 0.417. The third-order valence-electron chi connectivity index (χ3n) is 5.56. The zero-order valence-corrected chi connectivity index (χ0v) is 18.5. The number of aromatic nitrogens is 4. The summed E-state index contributed by atoms with van der Waals surface area (Å²) in [4.78, 5) is 20.6. The largest absolute Gasteiger partial charge is 0.355 e. The minimum Gasteiger partial charge on any atom is -0.355 e. The third-order valence-corrected chi connectivity index (χ3v) is 6.83. The predicted octanol–water partition coefficient (Wildman–Crippen LogP) is 4.14. The Balaban J connectivity index is 1.54. The van der Waals surface area contributed by atoms with Crippen molar-refractivity contribution < 1.29 is 0 Å². The van der Waals surface area contributed by atoms with Crippen LogP contribution in [0.3, 0.4) is 0 Å². The van der Waals surface area contributed by atoms with E-state index in [-0.39, 0.29) is 0 Å². The molecule has 0 saturated carbocycles. The minimum absolute atomic E-state index is 0.481. The van der Waals surface area contributed by atoms with Gasteiger partial charge < -0.3 is 15.6 Å². The third kappa shape index (κ3) is 3.59. The first-order valence-electron chi connectivity index (χ1n) is 10.1. The van der Waals surface area contributed by atoms with Gasteiger partial charge in [0.2, 0.25) is 0 Å². The molecule has 1 fully saturated rings. The number of hydrogen-bond acceptors (Lipinski definition) is 7. The maximum Gasteiger partial charge on any atom is 0.196 e. The van der Waals surface area contributed by atoms with Gasteiger partial charge in [0.15, 0.2) is 5.16 Å². The average Bonchev–Trinajstić information content (AvgIpc) is 3.08. The lowest BCUT2D eigenvalue weighted by atomic mass is 10.0. The number of aromatic amines is 1. The number of benzene rings is 1. The van der Waals surface area contributed by atoms with E-state index >= 15 is 0 Å². The molecular weight excluding hydrogens is 430 g/mol. The van der Waals surface area contributed by atoms with E-state index in [1.165, 1.54) is 11.8 Å². The van der Waals surface area contributed by atoms with Crippen molar-refractivity contribution >= 4 is 51.1 Å². The van der Waals surface area contributed by atoms with Crippen LogP contribution in [-0.2, 0) is 6.42 Å². The van der Waals surface area contributed by atoms with Gasteiger partial charge in [0.05, 0.1) is 21.5 Å². The molecular formula is C22H20ClN7S. The zero-order chi connectivity index (χ0) is 21.5. The Bertz CT molecular complexity index is 1340. The number of H-pyrrole nitrogens is 1. The fraction of sp³-hybridized carbons (Fsp3) is 0.273. The Kier molecular flexibility index (Phi) is 5.18. The fourth-order valence-corrected chi connectivity index (χ4v) is 4.95. The number of halogens is 1. The summed E-state index contributed by atoms with van der Waals surface area (Å²) < 4.78 is 0. The summed E-state index contributed by atoms with van der Waals surface area (Å²) in [6.45, 7) is 4.48. The highest BCUT2D eigenvalue weighted by Gasteiger charge is 2.30. The summed E-state index contributed by atoms with van der Waals surface area (Å²) in [6, 6.07) is 9.91. The standard InChI is InChI=1S/C22H20ClN7S/c1-2-16-19(23)18-20(27-16)28-22(29-21(18)30-10-13(8-25)11-30)31-15-4-3-14-5-12(7-24)9-26-17(14)6-15/h3-6,9,13H,2,8,10-11,25H2,1H3,(H,27,28,29). The van der Waals surface area contributed by atoms with Crippen LogP contribution < -0.4 is 10.6 Å². The van der Waals surface area contributed by atoms with Gasteiger partial charge in [-0.1, -0.05) is 24.6 Å². The number of pyridine rings is 1. The van der Waals surface area contributed by atoms with Crippen LogP contribution in [0, 0.1) is 17.2 Å². The molecule has 1 aliphatic rings. The first-order chi connectivity index (χ1) is 15.1. The zero-order valence-electron chi connectivity index (χ0n) is 16.9. The molecule has 3 N–H and O–H groups in total. The fourth-order valence-electron chi connectivity index (χ4n) is 3.81. The van der Waals surface area contributed by atoms with Crippen LogP contribution in [0.4, 0.5) is 5.82 Å². The molecule has 1 aliphatic heterocycles. The van der Waals surface area contributed by atoms with E-state index in [1.807, 2.05) is 24.3 Å². The van der Waals surface area contributed by atoms with Crippen LogP contribution in [0.25, 0.3) is 21.9 Å². The molecule has 0 aliphatic carbocycles. The number of rotatable bonds is 5. The Hall–Kier alpha value is -2.86. The van der Waals surface area contributed by atoms with Gasteiger partial charge in [-0.05, 0) is 42.9 Å². The number of nitrogens with two attached hydrogens (primary N) is 1. The van der Waals surface area contributed by atoms with Crippen molar-refractivity contribution in [3.63, 3.8) is 0 Å². The second-order valence-corrected chi connectivity index (χ2v) is 9.04. The molecule has 0 radical (unpaired) electrons. The van der Waals surface area contributed by atoms with Crippen molar-refractivity contribution in [3.05, 3.63) is 46.7 Å². The number of anilines is 1. The van der Waals surface area contributed by atoms with E-state index in [0.29, 0.717) is 28.2 Å². The van der Waals surface area contributed by atoms with Gasteiger partial charge in [0.25, 0.3) is 0 Å². The van der Waals surface area contributed by atoms with E-state index in [1.54, 1.807) is 6.20 Å². The van der Waals surface area contributed by atoms with Crippen molar-refractivity contribution in [1.29, 1.82) is 5.26 Å². The molecule has 1 aromatic carbocycles. The quantitative estimate of drug-likeness (QED) is 0.441. The van der Waals surface area contributed by atoms with Crippen molar-refractivity contribution in [3.8, 4) is 6.07 Å². The van der Waals surface area contributed by atoms with Crippen LogP contribution in [0.2, 0.25) is 5.02 Å². The van der Waals surface area contributed by atoms with E-state index in [0.717, 1.165) is 57.9 Å². The molecule has 0 bridgehead atoms. The molecule has 0 spiro atoms. The van der Waals surface area contributed by atoms with Crippen LogP contribution >= 0.6 is 23.4 Å². The Morgan fingerprint density at radius 1 is 1.32 bits per heavy atom. The molecule has 4 heterocycles. The van der Waals surface area contributed by atoms with Gasteiger partial charge in [-0.2, -0.15) is 5.26 Å². The summed E-state index contributed by atoms with van der Waals surface area (Å²) in [5.74, 6) is 1.34. The normalized spacial score (nSPS) is 14.2. The number of nitriles is 1. The van der Waals surface area contributed by atoms with Gasteiger partial charge in [-0.3, -0.25) is 4.98 Å². The van der Waals surface area contributed by atoms with E-state index in [9.17, 15) is 0 Å². The summed E-state index contributed by atoms with van der Waals surface area (Å²) in [5, 5.41) is 12.2. The predicted molar refractivity (Wildman–Crippen MR) is 124 cm³/mol. The second-order valence-electron chi connectivity index (χ2n) is 7.62. The SMILES string of the molecule is CCc1[nH]c2nc(Sc3ccc4cc(C#N)cnc4c3)nc(N3CC(CN)C3)c2c1Cl. The highest BCUT2D eigenvalue weighted by Crippen LogP contribution is 2.38. The lowest BCUT2D eigenvalue weighted by Gasteiger charge is -2.39. The summed E-state index contributed by atoms with van der Waals surface area (Å²) in [7, 11) is 0. The maximum absolute atomic E-state index is 9.07. The molecule has 0 unspecified atom stereocenters. The van der Waals surface area contributed by atoms with Gasteiger partial charge in [0, 0.05) is 41.2 Å². The smallest absolute Gasteiger partial charge is 0.196 e. The topological polar surface area (TPSA) is 108 Å². The highest BCUT2D eigenvalue weighted by molar-refractivity contribution is 7.99. The first kappa shape index (κ1) is 20.1. The summed E-state index contributed by atoms with van der Waals surface area (Å²) >= 11 is 8.14. The molecule has 156 valence electrons. The number of fused-ring (bicyclic) bond motifs is 2. The average molecular weight is 450 g/mol. The Morgan fingerprint density at radius 3 is 2.90 bits per heavy atom. The molecule has 0 amide bonds. The van der Waals surface area contributed by atoms with Crippen molar-refractivity contribution in [2.45, 2.75) is 23.4 Å². The minimum atomic E-state index is 0.481. The number of hydrogen-bond donors (Lipinski definition) is 2. The Labute approximate surface area is 188 Å². The molecule has 0 atom stereocenters. The van der Waals surface area contributed by atoms with Crippen LogP contribution in [0.5, 0.6) is 0 Å². The Morgan fingerprint density at radius 2 is 2.16 bits per heavy atom. The molecule has 31 heavy (non-hydrogen) atoms. The van der Waals surface area contributed by atoms with Crippen molar-refractivity contribution in [2.75, 3.05) is 24.5 Å². The van der Waals surface area contributed by atoms with Crippen LogP contribution in [-0.4, -0.2) is 39.6 Å². The van der Waals surface area contributed by atoms with E-state index in [2.05, 4.69) is 27.9 Å². The molecule has 3 aromatic heterocycles. The summed E-state index contributed by atoms with van der Waals surface area (Å²) in [6.07, 6.45) is 2.38. The van der Waals surface area contributed by atoms with Crippen molar-refractivity contribution in [1.82, 2.24) is 19.9 Å². The molecule has 5 rings (SSSR count). The van der Waals surface area contributed by atoms with Gasteiger partial charge in [0.1, 0.15) is 17.5 Å². The highest BCUT2D eigenvalue weighted by atomic mass is 35.5. The summed E-state index contributed by atoms with van der Waals surface area (Å²) in [5.41, 5.74) is 8.91. The maximum atomic E-state index is 9.07.